The molecule has 0 aliphatic carbocycles. The predicted octanol–water partition coefficient (Wildman–Crippen LogP) is 2.82. The number of thioether (sulfide) groups is 1. The molecular weight excluding hydrogens is 344 g/mol. The van der Waals surface area contributed by atoms with Crippen LogP contribution in [0.3, 0.4) is 0 Å². The van der Waals surface area contributed by atoms with Crippen LogP contribution < -0.4 is 10.9 Å². The number of carbonyl (C=O) groups is 1. The quantitative estimate of drug-likeness (QED) is 0.559. The van der Waals surface area contributed by atoms with Crippen molar-refractivity contribution >= 4 is 45.0 Å². The highest BCUT2D eigenvalue weighted by atomic mass is 32.2. The molecular formula is C16H16N4O2S2. The zero-order chi connectivity index (χ0) is 17.1. The van der Waals surface area contributed by atoms with Crippen LogP contribution in [-0.2, 0) is 11.8 Å². The number of aromatic nitrogens is 3. The number of nitrogens with one attached hydrogen (secondary N) is 1. The molecule has 1 amide bonds. The zero-order valence-electron chi connectivity index (χ0n) is 13.3. The average molecular weight is 360 g/mol. The van der Waals surface area contributed by atoms with Gasteiger partial charge in [-0.25, -0.2) is 9.97 Å². The van der Waals surface area contributed by atoms with Crippen LogP contribution >= 0.6 is 23.1 Å². The second-order valence-electron chi connectivity index (χ2n) is 5.22. The van der Waals surface area contributed by atoms with E-state index in [1.165, 1.54) is 27.7 Å². The molecule has 2 aromatic heterocycles. The van der Waals surface area contributed by atoms with E-state index in [2.05, 4.69) is 15.3 Å². The first kappa shape index (κ1) is 16.7. The minimum absolute atomic E-state index is 0.0780. The number of anilines is 1. The lowest BCUT2D eigenvalue weighted by Gasteiger charge is -2.08. The van der Waals surface area contributed by atoms with E-state index < -0.39 is 0 Å². The molecule has 0 fully saturated rings. The number of fused-ring (bicyclic) bond motifs is 1. The van der Waals surface area contributed by atoms with Crippen LogP contribution in [0, 0.1) is 6.92 Å². The fraction of sp³-hybridized carbons (Fsp3) is 0.250. The summed E-state index contributed by atoms with van der Waals surface area (Å²) >= 11 is 2.80. The van der Waals surface area contributed by atoms with Crippen molar-refractivity contribution in [3.63, 3.8) is 0 Å². The van der Waals surface area contributed by atoms with Crippen LogP contribution in [0.25, 0.3) is 10.9 Å². The van der Waals surface area contributed by atoms with Gasteiger partial charge in [0.05, 0.1) is 16.6 Å². The van der Waals surface area contributed by atoms with Crippen molar-refractivity contribution in [2.45, 2.75) is 18.5 Å². The molecule has 0 spiro atoms. The summed E-state index contributed by atoms with van der Waals surface area (Å²) in [6, 6.07) is 7.26. The summed E-state index contributed by atoms with van der Waals surface area (Å²) < 4.78 is 1.52. The fourth-order valence-corrected chi connectivity index (χ4v) is 3.77. The maximum atomic E-state index is 12.3. The molecule has 0 radical (unpaired) electrons. The summed E-state index contributed by atoms with van der Waals surface area (Å²) in [4.78, 5) is 32.9. The predicted molar refractivity (Wildman–Crippen MR) is 97.8 cm³/mol. The molecule has 0 atom stereocenters. The number of carbonyl (C=O) groups excluding carboxylic acids is 1. The van der Waals surface area contributed by atoms with Crippen LogP contribution in [0.1, 0.15) is 12.1 Å². The number of amides is 1. The molecule has 6 nitrogen and oxygen atoms in total. The van der Waals surface area contributed by atoms with Crippen molar-refractivity contribution < 1.29 is 4.79 Å². The molecule has 3 rings (SSSR count). The van der Waals surface area contributed by atoms with Gasteiger partial charge >= 0.3 is 0 Å². The summed E-state index contributed by atoms with van der Waals surface area (Å²) in [6.07, 6.45) is 0.325. The Morgan fingerprint density at radius 1 is 1.33 bits per heavy atom. The number of aryl methyl sites for hydroxylation is 1. The summed E-state index contributed by atoms with van der Waals surface area (Å²) in [5.41, 5.74) is 1.48. The van der Waals surface area contributed by atoms with Crippen molar-refractivity contribution in [2.24, 2.45) is 7.05 Å². The molecule has 0 aliphatic rings. The number of para-hydroxylation sites is 1. The van der Waals surface area contributed by atoms with Gasteiger partial charge in [-0.1, -0.05) is 23.9 Å². The Morgan fingerprint density at radius 2 is 2.12 bits per heavy atom. The largest absolute Gasteiger partial charge is 0.302 e. The summed E-state index contributed by atoms with van der Waals surface area (Å²) in [5, 5.41) is 6.48. The molecule has 124 valence electrons. The van der Waals surface area contributed by atoms with E-state index in [0.29, 0.717) is 33.4 Å². The molecule has 8 heteroatoms. The Morgan fingerprint density at radius 3 is 2.88 bits per heavy atom. The zero-order valence-corrected chi connectivity index (χ0v) is 14.9. The molecule has 1 N–H and O–H groups in total. The van der Waals surface area contributed by atoms with Crippen LogP contribution in [0.4, 0.5) is 5.13 Å². The second kappa shape index (κ2) is 7.14. The maximum Gasteiger partial charge on any atom is 0.261 e. The Hall–Kier alpha value is -2.19. The van der Waals surface area contributed by atoms with E-state index in [1.54, 1.807) is 13.1 Å². The highest BCUT2D eigenvalue weighted by molar-refractivity contribution is 7.99. The molecule has 2 heterocycles. The van der Waals surface area contributed by atoms with Crippen molar-refractivity contribution in [2.75, 3.05) is 11.1 Å². The minimum Gasteiger partial charge on any atom is -0.302 e. The molecule has 0 aliphatic heterocycles. The maximum absolute atomic E-state index is 12.3. The Bertz CT molecular complexity index is 949. The number of hydrogen-bond acceptors (Lipinski definition) is 6. The SMILES string of the molecule is Cc1csc(NC(=O)CCSc2nc3ccccc3c(=O)n2C)n1. The molecule has 0 saturated heterocycles. The van der Waals surface area contributed by atoms with Crippen molar-refractivity contribution in [3.05, 3.63) is 45.7 Å². The van der Waals surface area contributed by atoms with Crippen molar-refractivity contribution in [1.29, 1.82) is 0 Å². The fourth-order valence-electron chi connectivity index (χ4n) is 2.15. The van der Waals surface area contributed by atoms with E-state index >= 15 is 0 Å². The van der Waals surface area contributed by atoms with E-state index in [-0.39, 0.29) is 11.5 Å². The lowest BCUT2D eigenvalue weighted by molar-refractivity contribution is -0.115. The first-order chi connectivity index (χ1) is 11.5. The van der Waals surface area contributed by atoms with E-state index in [9.17, 15) is 9.59 Å². The number of benzene rings is 1. The van der Waals surface area contributed by atoms with Crippen molar-refractivity contribution in [1.82, 2.24) is 14.5 Å². The first-order valence-electron chi connectivity index (χ1n) is 7.35. The van der Waals surface area contributed by atoms with Gasteiger partial charge in [0.2, 0.25) is 5.91 Å². The Balaban J connectivity index is 1.64. The number of hydrogen-bond donors (Lipinski definition) is 1. The van der Waals surface area contributed by atoms with Gasteiger partial charge in [-0.05, 0) is 19.1 Å². The smallest absolute Gasteiger partial charge is 0.261 e. The standard InChI is InChI=1S/C16H16N4O2S2/c1-10-9-24-15(17-10)19-13(21)7-8-23-16-18-12-6-4-3-5-11(12)14(22)20(16)2/h3-6,9H,7-8H2,1-2H3,(H,17,19,21). The summed E-state index contributed by atoms with van der Waals surface area (Å²) in [7, 11) is 1.70. The lowest BCUT2D eigenvalue weighted by Crippen LogP contribution is -2.20. The second-order valence-corrected chi connectivity index (χ2v) is 7.14. The summed E-state index contributed by atoms with van der Waals surface area (Å²) in [5.74, 6) is 0.442. The molecule has 24 heavy (non-hydrogen) atoms. The summed E-state index contributed by atoms with van der Waals surface area (Å²) in [6.45, 7) is 1.88. The van der Waals surface area contributed by atoms with Crippen LogP contribution in [-0.4, -0.2) is 26.2 Å². The molecule has 3 aromatic rings. The number of rotatable bonds is 5. The normalized spacial score (nSPS) is 10.9. The number of thiazole rings is 1. The minimum atomic E-state index is -0.0948. The average Bonchev–Trinajstić information content (AvgIpc) is 2.97. The third-order valence-electron chi connectivity index (χ3n) is 3.37. The van der Waals surface area contributed by atoms with Crippen molar-refractivity contribution in [3.8, 4) is 0 Å². The van der Waals surface area contributed by atoms with Gasteiger partial charge in [0.25, 0.3) is 5.56 Å². The van der Waals surface area contributed by atoms with Crippen LogP contribution in [0.15, 0.2) is 39.6 Å². The van der Waals surface area contributed by atoms with Crippen LogP contribution in [0.2, 0.25) is 0 Å². The van der Waals surface area contributed by atoms with E-state index in [1.807, 2.05) is 30.5 Å². The molecule has 0 bridgehead atoms. The van der Waals surface area contributed by atoms with Gasteiger partial charge < -0.3 is 5.32 Å². The third kappa shape index (κ3) is 3.65. The number of nitrogens with zero attached hydrogens (tertiary/aromatic N) is 3. The molecule has 0 unspecified atom stereocenters. The van der Waals surface area contributed by atoms with Gasteiger partial charge in [-0.2, -0.15) is 0 Å². The first-order valence-corrected chi connectivity index (χ1v) is 9.21. The van der Waals surface area contributed by atoms with Gasteiger partial charge in [0.15, 0.2) is 10.3 Å². The van der Waals surface area contributed by atoms with Gasteiger partial charge in [0, 0.05) is 24.6 Å². The van der Waals surface area contributed by atoms with E-state index in [4.69, 9.17) is 0 Å². The Labute approximate surface area is 147 Å². The topological polar surface area (TPSA) is 76.9 Å². The Kier molecular flexibility index (Phi) is 4.96. The lowest BCUT2D eigenvalue weighted by atomic mass is 10.2. The van der Waals surface area contributed by atoms with Gasteiger partial charge in [-0.3, -0.25) is 14.2 Å². The third-order valence-corrected chi connectivity index (χ3v) is 5.27. The van der Waals surface area contributed by atoms with E-state index in [0.717, 1.165) is 5.69 Å². The van der Waals surface area contributed by atoms with Crippen LogP contribution in [0.5, 0.6) is 0 Å². The molecule has 1 aromatic carbocycles. The highest BCUT2D eigenvalue weighted by Crippen LogP contribution is 2.19. The highest BCUT2D eigenvalue weighted by Gasteiger charge is 2.10. The molecule has 0 saturated carbocycles. The van der Waals surface area contributed by atoms with Gasteiger partial charge in [0.1, 0.15) is 0 Å². The monoisotopic (exact) mass is 360 g/mol. The van der Waals surface area contributed by atoms with Gasteiger partial charge in [-0.15, -0.1) is 11.3 Å².